The predicted octanol–water partition coefficient (Wildman–Crippen LogP) is 5.04. The summed E-state index contributed by atoms with van der Waals surface area (Å²) in [5, 5.41) is 0. The molecule has 0 amide bonds. The average molecular weight is 192 g/mol. The highest BCUT2D eigenvalue weighted by Crippen LogP contribution is 2.09. The second-order valence-electron chi connectivity index (χ2n) is 3.90. The maximum Gasteiger partial charge on any atom is -0.0161 e. The molecule has 0 fully saturated rings. The van der Waals surface area contributed by atoms with E-state index in [9.17, 15) is 0 Å². The van der Waals surface area contributed by atoms with Gasteiger partial charge in [0.25, 0.3) is 0 Å². The molecule has 0 rings (SSSR count). The molecule has 0 aliphatic rings. The molecule has 0 spiro atoms. The van der Waals surface area contributed by atoms with E-state index < -0.39 is 0 Å². The summed E-state index contributed by atoms with van der Waals surface area (Å²) in [6.07, 6.45) is 12.8. The first-order valence-corrected chi connectivity index (χ1v) is 5.65. The van der Waals surface area contributed by atoms with Gasteiger partial charge in [0, 0.05) is 0 Å². The molecule has 0 saturated heterocycles. The number of rotatable bonds is 7. The lowest BCUT2D eigenvalue weighted by atomic mass is 10.1. The summed E-state index contributed by atoms with van der Waals surface area (Å²) >= 11 is 0. The summed E-state index contributed by atoms with van der Waals surface area (Å²) in [5.41, 5.74) is 2.79. The lowest BCUT2D eigenvalue weighted by Crippen LogP contribution is -1.79. The Bertz CT molecular complexity index is 206. The molecule has 0 unspecified atom stereocenters. The van der Waals surface area contributed by atoms with Crippen LogP contribution in [-0.2, 0) is 0 Å². The van der Waals surface area contributed by atoms with E-state index in [-0.39, 0.29) is 0 Å². The Hall–Kier alpha value is -0.780. The van der Waals surface area contributed by atoms with Crippen molar-refractivity contribution in [1.82, 2.24) is 0 Å². The van der Waals surface area contributed by atoms with Crippen LogP contribution < -0.4 is 0 Å². The number of unbranched alkanes of at least 4 members (excludes halogenated alkanes) is 2. The van der Waals surface area contributed by atoms with Crippen molar-refractivity contribution in [2.75, 3.05) is 0 Å². The van der Waals surface area contributed by atoms with Crippen molar-refractivity contribution in [2.24, 2.45) is 0 Å². The van der Waals surface area contributed by atoms with Crippen LogP contribution in [0.3, 0.4) is 0 Å². The fourth-order valence-electron chi connectivity index (χ4n) is 1.29. The quantitative estimate of drug-likeness (QED) is 0.301. The van der Waals surface area contributed by atoms with Crippen LogP contribution in [0.15, 0.2) is 36.0 Å². The van der Waals surface area contributed by atoms with E-state index in [1.165, 1.54) is 36.8 Å². The van der Waals surface area contributed by atoms with Crippen LogP contribution in [0.25, 0.3) is 0 Å². The molecular weight excluding hydrogens is 168 g/mol. The van der Waals surface area contributed by atoms with Gasteiger partial charge in [0.05, 0.1) is 0 Å². The van der Waals surface area contributed by atoms with Gasteiger partial charge in [0.2, 0.25) is 0 Å². The Morgan fingerprint density at radius 1 is 1.14 bits per heavy atom. The van der Waals surface area contributed by atoms with E-state index in [0.29, 0.717) is 0 Å². The normalized spacial score (nSPS) is 13.1. The minimum atomic E-state index is 1.05. The molecule has 80 valence electrons. The van der Waals surface area contributed by atoms with Gasteiger partial charge in [-0.2, -0.15) is 0 Å². The Morgan fingerprint density at radius 3 is 2.43 bits per heavy atom. The molecular formula is C14H24. The van der Waals surface area contributed by atoms with Crippen LogP contribution in [0.2, 0.25) is 0 Å². The molecule has 0 atom stereocenters. The summed E-state index contributed by atoms with van der Waals surface area (Å²) < 4.78 is 0. The second-order valence-corrected chi connectivity index (χ2v) is 3.90. The van der Waals surface area contributed by atoms with Crippen molar-refractivity contribution in [2.45, 2.75) is 52.9 Å². The van der Waals surface area contributed by atoms with E-state index >= 15 is 0 Å². The zero-order valence-electron chi connectivity index (χ0n) is 9.97. The van der Waals surface area contributed by atoms with E-state index in [0.717, 1.165) is 6.42 Å². The largest absolute Gasteiger partial charge is 0.0988 e. The zero-order chi connectivity index (χ0) is 10.8. The third-order valence-electron chi connectivity index (χ3n) is 2.40. The van der Waals surface area contributed by atoms with Gasteiger partial charge in [-0.15, -0.1) is 0 Å². The van der Waals surface area contributed by atoms with Gasteiger partial charge in [-0.3, -0.25) is 0 Å². The van der Waals surface area contributed by atoms with Crippen molar-refractivity contribution >= 4 is 0 Å². The standard InChI is InChI=1S/C14H24/c1-5-7-8-10-14(4)12-9-11-13(3)6-2/h6,11-12H,2,5,7-10H2,1,3-4H3. The summed E-state index contributed by atoms with van der Waals surface area (Å²) in [6.45, 7) is 10.3. The van der Waals surface area contributed by atoms with Crippen LogP contribution in [-0.4, -0.2) is 0 Å². The van der Waals surface area contributed by atoms with Crippen LogP contribution in [0.5, 0.6) is 0 Å². The van der Waals surface area contributed by atoms with Crippen molar-refractivity contribution in [3.05, 3.63) is 36.0 Å². The van der Waals surface area contributed by atoms with Gasteiger partial charge in [0.15, 0.2) is 0 Å². The SMILES string of the molecule is C=CC(C)=CCC=C(C)CCCCC. The van der Waals surface area contributed by atoms with Gasteiger partial charge in [-0.05, 0) is 33.1 Å². The average Bonchev–Trinajstić information content (AvgIpc) is 2.18. The third kappa shape index (κ3) is 7.85. The van der Waals surface area contributed by atoms with Gasteiger partial charge in [-0.1, -0.05) is 55.7 Å². The lowest BCUT2D eigenvalue weighted by molar-refractivity contribution is 0.712. The van der Waals surface area contributed by atoms with Crippen molar-refractivity contribution in [3.63, 3.8) is 0 Å². The minimum absolute atomic E-state index is 1.05. The zero-order valence-corrected chi connectivity index (χ0v) is 9.97. The van der Waals surface area contributed by atoms with Gasteiger partial charge in [-0.25, -0.2) is 0 Å². The number of allylic oxidation sites excluding steroid dienone is 5. The minimum Gasteiger partial charge on any atom is -0.0988 e. The van der Waals surface area contributed by atoms with E-state index in [1.807, 2.05) is 6.08 Å². The smallest absolute Gasteiger partial charge is 0.0161 e. The molecule has 0 aromatic rings. The van der Waals surface area contributed by atoms with Crippen LogP contribution >= 0.6 is 0 Å². The molecule has 0 aliphatic heterocycles. The summed E-state index contributed by atoms with van der Waals surface area (Å²) in [4.78, 5) is 0. The van der Waals surface area contributed by atoms with Crippen molar-refractivity contribution < 1.29 is 0 Å². The molecule has 0 nitrogen and oxygen atoms in total. The van der Waals surface area contributed by atoms with Crippen molar-refractivity contribution in [3.8, 4) is 0 Å². The monoisotopic (exact) mass is 192 g/mol. The highest BCUT2D eigenvalue weighted by atomic mass is 14.0. The van der Waals surface area contributed by atoms with Crippen molar-refractivity contribution in [1.29, 1.82) is 0 Å². The molecule has 0 aromatic heterocycles. The number of hydrogen-bond acceptors (Lipinski definition) is 0. The first kappa shape index (κ1) is 13.2. The maximum absolute atomic E-state index is 3.73. The van der Waals surface area contributed by atoms with Gasteiger partial charge < -0.3 is 0 Å². The van der Waals surface area contributed by atoms with E-state index in [1.54, 1.807) is 0 Å². The van der Waals surface area contributed by atoms with Crippen LogP contribution in [0.4, 0.5) is 0 Å². The molecule has 0 heterocycles. The molecule has 0 saturated carbocycles. The maximum atomic E-state index is 3.73. The van der Waals surface area contributed by atoms with Crippen LogP contribution in [0, 0.1) is 0 Å². The molecule has 0 bridgehead atoms. The third-order valence-corrected chi connectivity index (χ3v) is 2.40. The van der Waals surface area contributed by atoms with E-state index in [2.05, 4.69) is 39.5 Å². The Kier molecular flexibility index (Phi) is 8.31. The fraction of sp³-hybridized carbons (Fsp3) is 0.571. The fourth-order valence-corrected chi connectivity index (χ4v) is 1.29. The molecule has 0 aromatic carbocycles. The van der Waals surface area contributed by atoms with Crippen LogP contribution in [0.1, 0.15) is 52.9 Å². The summed E-state index contributed by atoms with van der Waals surface area (Å²) in [7, 11) is 0. The van der Waals surface area contributed by atoms with Gasteiger partial charge >= 0.3 is 0 Å². The van der Waals surface area contributed by atoms with E-state index in [4.69, 9.17) is 0 Å². The first-order valence-electron chi connectivity index (χ1n) is 5.65. The molecule has 0 aliphatic carbocycles. The Labute approximate surface area is 89.4 Å². The summed E-state index contributed by atoms with van der Waals surface area (Å²) in [6, 6.07) is 0. The summed E-state index contributed by atoms with van der Waals surface area (Å²) in [5.74, 6) is 0. The molecule has 0 radical (unpaired) electrons. The highest BCUT2D eigenvalue weighted by Gasteiger charge is 1.89. The topological polar surface area (TPSA) is 0 Å². The Morgan fingerprint density at radius 2 is 1.86 bits per heavy atom. The molecule has 14 heavy (non-hydrogen) atoms. The molecule has 0 heteroatoms. The van der Waals surface area contributed by atoms with Gasteiger partial charge in [0.1, 0.15) is 0 Å². The first-order chi connectivity index (χ1) is 6.70. The highest BCUT2D eigenvalue weighted by molar-refractivity contribution is 5.15. The Balaban J connectivity index is 3.71. The predicted molar refractivity (Wildman–Crippen MR) is 66.5 cm³/mol. The molecule has 0 N–H and O–H groups in total. The number of hydrogen-bond donors (Lipinski definition) is 0. The second kappa shape index (κ2) is 8.80. The lowest BCUT2D eigenvalue weighted by Gasteiger charge is -1.99.